The van der Waals surface area contributed by atoms with E-state index < -0.39 is 29.4 Å². The highest BCUT2D eigenvalue weighted by Crippen LogP contribution is 2.47. The maximum Gasteiger partial charge on any atom is 0.332 e. The molecule has 1 aromatic carbocycles. The fourth-order valence-electron chi connectivity index (χ4n) is 8.39. The Morgan fingerprint density at radius 1 is 1.04 bits per heavy atom. The van der Waals surface area contributed by atoms with E-state index in [0.717, 1.165) is 57.9 Å². The Labute approximate surface area is 304 Å². The fraction of sp³-hybridized carbons (Fsp3) is 0.575. The molecule has 2 aromatic heterocycles. The normalized spacial score (nSPS) is 28.0. The molecule has 5 unspecified atom stereocenters. The topological polar surface area (TPSA) is 120 Å². The van der Waals surface area contributed by atoms with Gasteiger partial charge < -0.3 is 24.4 Å². The first kappa shape index (κ1) is 35.4. The largest absolute Gasteiger partial charge is 0.496 e. The highest BCUT2D eigenvalue weighted by atomic mass is 32.1. The average Bonchev–Trinajstić information content (AvgIpc) is 3.43. The first-order chi connectivity index (χ1) is 24.7. The summed E-state index contributed by atoms with van der Waals surface area (Å²) in [7, 11) is 3.47. The van der Waals surface area contributed by atoms with E-state index >= 15 is 0 Å². The van der Waals surface area contributed by atoms with Gasteiger partial charge in [-0.2, -0.15) is 0 Å². The smallest absolute Gasteiger partial charge is 0.332 e. The standard InChI is InChI=1S/C40H50N4O6S/c1-5-49-39(47)40-22-26(40)15-11-6-7-12-18-44(3)38(46)30-20-27(19-29(30)36(45)43-40)50-34-21-31(41-35-24(2)33(48-4)17-16-28(34)35)32-23-51-37(42-32)25-13-9-8-10-14-25/h11,15-17,21,23,25-27,29-30H,5-10,12-14,18-20,22H2,1-4H3,(H,43,45)/b15-11-. The number of esters is 1. The van der Waals surface area contributed by atoms with Crippen molar-refractivity contribution in [1.29, 1.82) is 0 Å². The van der Waals surface area contributed by atoms with Crippen LogP contribution in [0.25, 0.3) is 22.3 Å². The van der Waals surface area contributed by atoms with Gasteiger partial charge in [-0.1, -0.05) is 31.4 Å². The third-order valence-corrected chi connectivity index (χ3v) is 12.4. The second-order valence-electron chi connectivity index (χ2n) is 14.8. The SMILES string of the molecule is CCOC(=O)C12CC1/C=C\CCCCN(C)C(=O)C1CC(Oc3cc(-c4csc(C5CCCCC5)n4)nc4c(C)c(OC)ccc34)CC1C(=O)N2. The summed E-state index contributed by atoms with van der Waals surface area (Å²) >= 11 is 1.70. The van der Waals surface area contributed by atoms with Gasteiger partial charge in [-0.15, -0.1) is 11.3 Å². The molecular weight excluding hydrogens is 665 g/mol. The van der Waals surface area contributed by atoms with E-state index in [0.29, 0.717) is 37.5 Å². The zero-order valence-corrected chi connectivity index (χ0v) is 31.1. The number of rotatable bonds is 7. The number of hydrogen-bond acceptors (Lipinski definition) is 9. The molecule has 1 N–H and O–H groups in total. The van der Waals surface area contributed by atoms with Crippen LogP contribution in [0.15, 0.2) is 35.7 Å². The molecule has 7 rings (SSSR count). The summed E-state index contributed by atoms with van der Waals surface area (Å²) in [5.74, 6) is -0.277. The van der Waals surface area contributed by atoms with Gasteiger partial charge in [-0.05, 0) is 77.3 Å². The summed E-state index contributed by atoms with van der Waals surface area (Å²) in [6, 6.07) is 5.84. The lowest BCUT2D eigenvalue weighted by Crippen LogP contribution is -2.50. The molecule has 0 saturated heterocycles. The van der Waals surface area contributed by atoms with Gasteiger partial charge in [-0.3, -0.25) is 9.59 Å². The minimum Gasteiger partial charge on any atom is -0.496 e. The second kappa shape index (κ2) is 14.9. The summed E-state index contributed by atoms with van der Waals surface area (Å²) < 4.78 is 18.0. The van der Waals surface area contributed by atoms with Crippen molar-refractivity contribution in [2.24, 2.45) is 17.8 Å². The molecule has 0 bridgehead atoms. The van der Waals surface area contributed by atoms with Crippen molar-refractivity contribution in [2.45, 2.75) is 102 Å². The molecule has 0 radical (unpaired) electrons. The number of fused-ring (bicyclic) bond motifs is 3. The van der Waals surface area contributed by atoms with Crippen LogP contribution in [0.4, 0.5) is 0 Å². The van der Waals surface area contributed by atoms with Crippen molar-refractivity contribution >= 4 is 40.0 Å². The first-order valence-electron chi connectivity index (χ1n) is 18.7. The van der Waals surface area contributed by atoms with Gasteiger partial charge in [-0.25, -0.2) is 14.8 Å². The number of allylic oxidation sites excluding steroid dienone is 1. The number of aryl methyl sites for hydroxylation is 1. The van der Waals surface area contributed by atoms with E-state index in [4.69, 9.17) is 24.2 Å². The van der Waals surface area contributed by atoms with Crippen LogP contribution in [0.2, 0.25) is 0 Å². The Hall–Kier alpha value is -3.99. The van der Waals surface area contributed by atoms with Gasteiger partial charge >= 0.3 is 5.97 Å². The molecule has 272 valence electrons. The maximum absolute atomic E-state index is 14.2. The zero-order valence-electron chi connectivity index (χ0n) is 30.2. The van der Waals surface area contributed by atoms with E-state index in [1.54, 1.807) is 30.3 Å². The molecule has 3 aromatic rings. The summed E-state index contributed by atoms with van der Waals surface area (Å²) in [5.41, 5.74) is 2.12. The van der Waals surface area contributed by atoms with Crippen LogP contribution >= 0.6 is 11.3 Å². The van der Waals surface area contributed by atoms with Crippen LogP contribution in [0.5, 0.6) is 11.5 Å². The number of thiazole rings is 1. The molecule has 3 saturated carbocycles. The molecule has 51 heavy (non-hydrogen) atoms. The molecule has 3 fully saturated rings. The first-order valence-corrected chi connectivity index (χ1v) is 19.6. The molecule has 3 aliphatic carbocycles. The van der Waals surface area contributed by atoms with Gasteiger partial charge in [0.05, 0.1) is 47.5 Å². The van der Waals surface area contributed by atoms with Gasteiger partial charge in [0.1, 0.15) is 23.1 Å². The van der Waals surface area contributed by atoms with Crippen LogP contribution in [-0.2, 0) is 19.1 Å². The van der Waals surface area contributed by atoms with Crippen LogP contribution in [-0.4, -0.2) is 71.6 Å². The quantitative estimate of drug-likeness (QED) is 0.203. The summed E-state index contributed by atoms with van der Waals surface area (Å²) in [5, 5.41) is 7.17. The van der Waals surface area contributed by atoms with E-state index in [2.05, 4.69) is 16.8 Å². The van der Waals surface area contributed by atoms with Crippen molar-refractivity contribution in [3.63, 3.8) is 0 Å². The monoisotopic (exact) mass is 714 g/mol. The summed E-state index contributed by atoms with van der Waals surface area (Å²) in [4.78, 5) is 53.3. The van der Waals surface area contributed by atoms with Crippen LogP contribution in [0, 0.1) is 24.7 Å². The molecule has 2 amide bonds. The van der Waals surface area contributed by atoms with E-state index in [9.17, 15) is 14.4 Å². The number of ether oxygens (including phenoxy) is 3. The Balaban J connectivity index is 1.21. The third-order valence-electron chi connectivity index (χ3n) is 11.4. The van der Waals surface area contributed by atoms with Crippen molar-refractivity contribution in [3.8, 4) is 22.9 Å². The minimum absolute atomic E-state index is 0.0649. The zero-order chi connectivity index (χ0) is 35.7. The molecule has 11 heteroatoms. The molecule has 0 spiro atoms. The number of amides is 2. The van der Waals surface area contributed by atoms with E-state index in [-0.39, 0.29) is 24.3 Å². The molecule has 4 aliphatic rings. The third kappa shape index (κ3) is 7.10. The number of carbonyl (C=O) groups is 3. The van der Waals surface area contributed by atoms with Gasteiger partial charge in [0.2, 0.25) is 11.8 Å². The number of methoxy groups -OCH3 is 1. The van der Waals surface area contributed by atoms with Crippen molar-refractivity contribution in [3.05, 3.63) is 46.3 Å². The number of carbonyl (C=O) groups excluding carboxylic acids is 3. The lowest BCUT2D eigenvalue weighted by molar-refractivity contribution is -0.150. The van der Waals surface area contributed by atoms with Crippen molar-refractivity contribution in [2.75, 3.05) is 27.3 Å². The number of hydrogen-bond donors (Lipinski definition) is 1. The average molecular weight is 715 g/mol. The number of aromatic nitrogens is 2. The minimum atomic E-state index is -1.09. The van der Waals surface area contributed by atoms with Crippen molar-refractivity contribution < 1.29 is 28.6 Å². The van der Waals surface area contributed by atoms with Gasteiger partial charge in [0.25, 0.3) is 0 Å². The Kier molecular flexibility index (Phi) is 10.4. The lowest BCUT2D eigenvalue weighted by atomic mass is 9.90. The molecule has 1 aliphatic heterocycles. The van der Waals surface area contributed by atoms with Crippen molar-refractivity contribution in [1.82, 2.24) is 20.2 Å². The number of nitrogens with zero attached hydrogens (tertiary/aromatic N) is 3. The highest BCUT2D eigenvalue weighted by molar-refractivity contribution is 7.10. The molecular formula is C40H50N4O6S. The highest BCUT2D eigenvalue weighted by Gasteiger charge is 2.62. The van der Waals surface area contributed by atoms with Gasteiger partial charge in [0.15, 0.2) is 0 Å². The number of benzene rings is 1. The second-order valence-corrected chi connectivity index (χ2v) is 15.7. The fourth-order valence-corrected chi connectivity index (χ4v) is 9.37. The maximum atomic E-state index is 14.2. The lowest BCUT2D eigenvalue weighted by Gasteiger charge is -2.26. The van der Waals surface area contributed by atoms with E-state index in [1.165, 1.54) is 32.1 Å². The van der Waals surface area contributed by atoms with Crippen LogP contribution in [0.3, 0.4) is 0 Å². The number of nitrogens with one attached hydrogen (secondary N) is 1. The summed E-state index contributed by atoms with van der Waals surface area (Å²) in [6.45, 7) is 4.61. The number of pyridine rings is 1. The van der Waals surface area contributed by atoms with Crippen LogP contribution in [0.1, 0.15) is 94.0 Å². The Morgan fingerprint density at radius 2 is 1.84 bits per heavy atom. The molecule has 5 atom stereocenters. The predicted octanol–water partition coefficient (Wildman–Crippen LogP) is 7.13. The molecule has 3 heterocycles. The van der Waals surface area contributed by atoms with Gasteiger partial charge in [0, 0.05) is 47.8 Å². The Bertz CT molecular complexity index is 1820. The predicted molar refractivity (Wildman–Crippen MR) is 197 cm³/mol. The summed E-state index contributed by atoms with van der Waals surface area (Å²) in [6.07, 6.45) is 13.7. The Morgan fingerprint density at radius 3 is 2.63 bits per heavy atom. The molecule has 10 nitrogen and oxygen atoms in total. The van der Waals surface area contributed by atoms with E-state index in [1.807, 2.05) is 38.2 Å². The van der Waals surface area contributed by atoms with Crippen LogP contribution < -0.4 is 14.8 Å².